The van der Waals surface area contributed by atoms with Gasteiger partial charge in [0.1, 0.15) is 23.7 Å². The number of nitrogens with zero attached hydrogens (tertiary/aromatic N) is 5. The van der Waals surface area contributed by atoms with E-state index in [0.29, 0.717) is 29.4 Å². The number of amides is 1. The van der Waals surface area contributed by atoms with Gasteiger partial charge in [0, 0.05) is 36.4 Å². The lowest BCUT2D eigenvalue weighted by Gasteiger charge is -2.07. The van der Waals surface area contributed by atoms with Gasteiger partial charge in [-0.3, -0.25) is 14.6 Å². The number of fused-ring (bicyclic) bond motifs is 1. The van der Waals surface area contributed by atoms with Crippen LogP contribution in [0.4, 0.5) is 5.69 Å². The van der Waals surface area contributed by atoms with Crippen LogP contribution in [-0.4, -0.2) is 35.3 Å². The van der Waals surface area contributed by atoms with Gasteiger partial charge in [0.2, 0.25) is 0 Å². The molecular formula is C24H23N7O2. The van der Waals surface area contributed by atoms with E-state index in [1.165, 1.54) is 0 Å². The van der Waals surface area contributed by atoms with Crippen molar-refractivity contribution in [2.75, 3.05) is 5.32 Å². The van der Waals surface area contributed by atoms with Crippen molar-refractivity contribution in [3.8, 4) is 17.0 Å². The van der Waals surface area contributed by atoms with E-state index in [1.807, 2.05) is 68.0 Å². The number of carbonyl (C=O) groups is 1. The van der Waals surface area contributed by atoms with Crippen LogP contribution in [0.25, 0.3) is 16.9 Å². The van der Waals surface area contributed by atoms with Crippen molar-refractivity contribution >= 4 is 17.2 Å². The second-order valence-corrected chi connectivity index (χ2v) is 7.80. The zero-order valence-corrected chi connectivity index (χ0v) is 18.5. The number of imidazole rings is 1. The summed E-state index contributed by atoms with van der Waals surface area (Å²) < 4.78 is 9.59. The molecule has 0 unspecified atom stereocenters. The number of aryl methyl sites for hydroxylation is 2. The number of hydrogen-bond acceptors (Lipinski definition) is 5. The normalized spacial score (nSPS) is 11.1. The summed E-state index contributed by atoms with van der Waals surface area (Å²) >= 11 is 0. The maximum absolute atomic E-state index is 12.7. The molecule has 33 heavy (non-hydrogen) atoms. The molecule has 4 aromatic heterocycles. The van der Waals surface area contributed by atoms with Crippen molar-refractivity contribution < 1.29 is 9.53 Å². The number of anilines is 1. The lowest BCUT2D eigenvalue weighted by molar-refractivity contribution is 0.102. The highest BCUT2D eigenvalue weighted by atomic mass is 16.5. The van der Waals surface area contributed by atoms with Crippen molar-refractivity contribution in [1.29, 1.82) is 0 Å². The van der Waals surface area contributed by atoms with Crippen LogP contribution in [0.2, 0.25) is 0 Å². The minimum atomic E-state index is -0.272. The summed E-state index contributed by atoms with van der Waals surface area (Å²) in [4.78, 5) is 17.2. The minimum absolute atomic E-state index is 0.272. The van der Waals surface area contributed by atoms with E-state index in [9.17, 15) is 4.79 Å². The standard InChI is InChI=1S/C24H23N7O2/c1-15-23(16(2)30(3)29-15)20-12-21(28-27-20)24(32)26-17-7-9-19(10-8-17)33-14-18-13-31-11-5-4-6-22(31)25-18/h4-13H,14H2,1-3H3,(H,26,32)(H,27,28). The molecule has 0 saturated heterocycles. The summed E-state index contributed by atoms with van der Waals surface area (Å²) in [6.07, 6.45) is 3.89. The maximum atomic E-state index is 12.7. The molecule has 0 atom stereocenters. The third kappa shape index (κ3) is 4.08. The first-order chi connectivity index (χ1) is 16.0. The molecule has 0 radical (unpaired) electrons. The average molecular weight is 441 g/mol. The van der Waals surface area contributed by atoms with Gasteiger partial charge in [-0.2, -0.15) is 10.2 Å². The van der Waals surface area contributed by atoms with E-state index >= 15 is 0 Å². The molecule has 5 aromatic rings. The first kappa shape index (κ1) is 20.5. The van der Waals surface area contributed by atoms with Crippen LogP contribution >= 0.6 is 0 Å². The summed E-state index contributed by atoms with van der Waals surface area (Å²) in [6.45, 7) is 4.26. The number of H-pyrrole nitrogens is 1. The number of nitrogens with one attached hydrogen (secondary N) is 2. The highest BCUT2D eigenvalue weighted by molar-refractivity contribution is 6.03. The van der Waals surface area contributed by atoms with Crippen molar-refractivity contribution in [2.24, 2.45) is 7.05 Å². The first-order valence-corrected chi connectivity index (χ1v) is 10.5. The number of pyridine rings is 1. The summed E-state index contributed by atoms with van der Waals surface area (Å²) in [5, 5.41) is 14.4. The predicted octanol–water partition coefficient (Wildman–Crippen LogP) is 3.91. The van der Waals surface area contributed by atoms with Gasteiger partial charge >= 0.3 is 0 Å². The summed E-state index contributed by atoms with van der Waals surface area (Å²) in [5.41, 5.74) is 6.24. The Morgan fingerprint density at radius 2 is 1.97 bits per heavy atom. The molecule has 0 spiro atoms. The largest absolute Gasteiger partial charge is 0.487 e. The summed E-state index contributed by atoms with van der Waals surface area (Å²) in [6, 6.07) is 14.8. The number of aromatic amines is 1. The Labute approximate surface area is 190 Å². The number of rotatable bonds is 6. The molecule has 0 saturated carbocycles. The van der Waals surface area contributed by atoms with Gasteiger partial charge in [0.25, 0.3) is 5.91 Å². The molecule has 0 aliphatic heterocycles. The lowest BCUT2D eigenvalue weighted by Crippen LogP contribution is -2.12. The monoisotopic (exact) mass is 441 g/mol. The Kier molecular flexibility index (Phi) is 5.14. The van der Waals surface area contributed by atoms with Crippen LogP contribution in [-0.2, 0) is 13.7 Å². The quantitative estimate of drug-likeness (QED) is 0.416. The van der Waals surface area contributed by atoms with Crippen LogP contribution in [0.15, 0.2) is 60.9 Å². The first-order valence-electron chi connectivity index (χ1n) is 10.5. The van der Waals surface area contributed by atoms with Gasteiger partial charge in [0.05, 0.1) is 17.1 Å². The van der Waals surface area contributed by atoms with Gasteiger partial charge in [0.15, 0.2) is 0 Å². The molecule has 5 rings (SSSR count). The molecule has 9 nitrogen and oxygen atoms in total. The van der Waals surface area contributed by atoms with Gasteiger partial charge in [-0.1, -0.05) is 6.07 Å². The molecular weight excluding hydrogens is 418 g/mol. The Bertz CT molecular complexity index is 1410. The fraction of sp³-hybridized carbons (Fsp3) is 0.167. The van der Waals surface area contributed by atoms with Crippen LogP contribution in [0.5, 0.6) is 5.75 Å². The molecule has 4 heterocycles. The van der Waals surface area contributed by atoms with Crippen LogP contribution < -0.4 is 10.1 Å². The highest BCUT2D eigenvalue weighted by Crippen LogP contribution is 2.25. The molecule has 0 bridgehead atoms. The number of ether oxygens (including phenoxy) is 1. The summed E-state index contributed by atoms with van der Waals surface area (Å²) in [5.74, 6) is 0.419. The number of benzene rings is 1. The third-order valence-electron chi connectivity index (χ3n) is 5.50. The van der Waals surface area contributed by atoms with Crippen LogP contribution in [0, 0.1) is 13.8 Å². The second-order valence-electron chi connectivity index (χ2n) is 7.80. The molecule has 2 N–H and O–H groups in total. The number of carbonyl (C=O) groups excluding carboxylic acids is 1. The van der Waals surface area contributed by atoms with E-state index in [-0.39, 0.29) is 5.91 Å². The smallest absolute Gasteiger partial charge is 0.273 e. The van der Waals surface area contributed by atoms with E-state index in [0.717, 1.165) is 28.3 Å². The fourth-order valence-electron chi connectivity index (χ4n) is 3.76. The van der Waals surface area contributed by atoms with Crippen molar-refractivity contribution in [2.45, 2.75) is 20.5 Å². The van der Waals surface area contributed by atoms with E-state index in [1.54, 1.807) is 22.9 Å². The van der Waals surface area contributed by atoms with Gasteiger partial charge in [-0.25, -0.2) is 4.98 Å². The Morgan fingerprint density at radius 1 is 1.15 bits per heavy atom. The molecule has 0 aliphatic carbocycles. The van der Waals surface area contributed by atoms with E-state index in [4.69, 9.17) is 4.74 Å². The Hall–Kier alpha value is -4.40. The molecule has 9 heteroatoms. The van der Waals surface area contributed by atoms with Gasteiger partial charge < -0.3 is 14.5 Å². The molecule has 0 aliphatic rings. The molecule has 1 amide bonds. The van der Waals surface area contributed by atoms with Crippen molar-refractivity contribution in [3.05, 3.63) is 83.7 Å². The Morgan fingerprint density at radius 3 is 2.70 bits per heavy atom. The molecule has 166 valence electrons. The minimum Gasteiger partial charge on any atom is -0.487 e. The van der Waals surface area contributed by atoms with E-state index in [2.05, 4.69) is 25.6 Å². The second kappa shape index (κ2) is 8.27. The predicted molar refractivity (Wildman–Crippen MR) is 124 cm³/mol. The molecule has 0 fully saturated rings. The third-order valence-corrected chi connectivity index (χ3v) is 5.50. The van der Waals surface area contributed by atoms with Gasteiger partial charge in [-0.05, 0) is 56.3 Å². The fourth-order valence-corrected chi connectivity index (χ4v) is 3.76. The number of aromatic nitrogens is 6. The number of hydrogen-bond donors (Lipinski definition) is 2. The SMILES string of the molecule is Cc1nn(C)c(C)c1-c1cc(C(=O)Nc2ccc(OCc3cn4ccccc4n3)cc2)[nH]n1. The zero-order chi connectivity index (χ0) is 22.9. The van der Waals surface area contributed by atoms with Crippen molar-refractivity contribution in [1.82, 2.24) is 29.4 Å². The lowest BCUT2D eigenvalue weighted by atomic mass is 10.1. The van der Waals surface area contributed by atoms with Crippen molar-refractivity contribution in [3.63, 3.8) is 0 Å². The van der Waals surface area contributed by atoms with Gasteiger partial charge in [-0.15, -0.1) is 0 Å². The van der Waals surface area contributed by atoms with E-state index < -0.39 is 0 Å². The maximum Gasteiger partial charge on any atom is 0.273 e. The molecule has 1 aromatic carbocycles. The van der Waals surface area contributed by atoms with Crippen LogP contribution in [0.3, 0.4) is 0 Å². The topological polar surface area (TPSA) is 102 Å². The highest BCUT2D eigenvalue weighted by Gasteiger charge is 2.17. The summed E-state index contributed by atoms with van der Waals surface area (Å²) in [7, 11) is 1.89. The zero-order valence-electron chi connectivity index (χ0n) is 18.5. The Balaban J connectivity index is 1.22. The van der Waals surface area contributed by atoms with Crippen LogP contribution in [0.1, 0.15) is 27.6 Å². The average Bonchev–Trinajstić information content (AvgIpc) is 3.51.